The van der Waals surface area contributed by atoms with Crippen LogP contribution in [0, 0.1) is 17.2 Å². The first-order chi connectivity index (χ1) is 3.75. The SMILES string of the molecule is CSC1(C#N)CC1C. The van der Waals surface area contributed by atoms with E-state index in [0.29, 0.717) is 5.92 Å². The van der Waals surface area contributed by atoms with E-state index in [1.54, 1.807) is 11.8 Å². The molecule has 0 aliphatic heterocycles. The van der Waals surface area contributed by atoms with Gasteiger partial charge in [-0.15, -0.1) is 11.8 Å². The van der Waals surface area contributed by atoms with E-state index in [9.17, 15) is 0 Å². The van der Waals surface area contributed by atoms with Crippen LogP contribution in [0.25, 0.3) is 0 Å². The summed E-state index contributed by atoms with van der Waals surface area (Å²) in [5.41, 5.74) is 0. The first-order valence-corrected chi connectivity index (χ1v) is 3.94. The van der Waals surface area contributed by atoms with Gasteiger partial charge < -0.3 is 0 Å². The van der Waals surface area contributed by atoms with Gasteiger partial charge in [0.2, 0.25) is 0 Å². The maximum atomic E-state index is 8.56. The molecule has 1 saturated carbocycles. The predicted molar refractivity (Wildman–Crippen MR) is 35.6 cm³/mol. The second kappa shape index (κ2) is 1.66. The first kappa shape index (κ1) is 5.97. The van der Waals surface area contributed by atoms with E-state index in [-0.39, 0.29) is 4.75 Å². The molecule has 0 amide bonds. The van der Waals surface area contributed by atoms with Gasteiger partial charge >= 0.3 is 0 Å². The third-order valence-electron chi connectivity index (χ3n) is 1.80. The van der Waals surface area contributed by atoms with Gasteiger partial charge in [-0.3, -0.25) is 0 Å². The Labute approximate surface area is 54.1 Å². The lowest BCUT2D eigenvalue weighted by Crippen LogP contribution is -1.98. The summed E-state index contributed by atoms with van der Waals surface area (Å²) >= 11 is 1.69. The Bertz CT molecular complexity index is 134. The lowest BCUT2D eigenvalue weighted by molar-refractivity contribution is 0.938. The van der Waals surface area contributed by atoms with Gasteiger partial charge in [0, 0.05) is 0 Å². The average molecular weight is 127 g/mol. The third kappa shape index (κ3) is 0.621. The molecule has 1 nitrogen and oxygen atoms in total. The molecule has 0 aromatic rings. The van der Waals surface area contributed by atoms with E-state index >= 15 is 0 Å². The van der Waals surface area contributed by atoms with Crippen LogP contribution in [0.3, 0.4) is 0 Å². The van der Waals surface area contributed by atoms with E-state index in [1.807, 2.05) is 6.26 Å². The molecule has 1 aliphatic rings. The Kier molecular flexibility index (Phi) is 1.24. The van der Waals surface area contributed by atoms with Crippen LogP contribution in [0.1, 0.15) is 13.3 Å². The maximum absolute atomic E-state index is 8.56. The lowest BCUT2D eigenvalue weighted by Gasteiger charge is -1.97. The smallest absolute Gasteiger partial charge is 0.105 e. The number of nitrogens with zero attached hydrogens (tertiary/aromatic N) is 1. The van der Waals surface area contributed by atoms with Crippen molar-refractivity contribution in [2.24, 2.45) is 5.92 Å². The fourth-order valence-electron chi connectivity index (χ4n) is 0.882. The largest absolute Gasteiger partial charge is 0.197 e. The van der Waals surface area contributed by atoms with Gasteiger partial charge in [0.05, 0.1) is 6.07 Å². The zero-order chi connectivity index (χ0) is 6.20. The average Bonchev–Trinajstić information content (AvgIpc) is 2.43. The molecule has 1 fully saturated rings. The minimum atomic E-state index is 0.0139. The van der Waals surface area contributed by atoms with Crippen LogP contribution in [0.4, 0.5) is 0 Å². The molecule has 0 aromatic heterocycles. The summed E-state index contributed by atoms with van der Waals surface area (Å²) in [7, 11) is 0. The molecule has 1 rings (SSSR count). The molecule has 2 atom stereocenters. The molecule has 0 spiro atoms. The van der Waals surface area contributed by atoms with Gasteiger partial charge in [-0.1, -0.05) is 6.92 Å². The van der Waals surface area contributed by atoms with Gasteiger partial charge in [-0.2, -0.15) is 5.26 Å². The van der Waals surface area contributed by atoms with Crippen molar-refractivity contribution in [3.05, 3.63) is 0 Å². The molecule has 44 valence electrons. The van der Waals surface area contributed by atoms with Crippen molar-refractivity contribution in [3.8, 4) is 6.07 Å². The zero-order valence-corrected chi connectivity index (χ0v) is 5.96. The Morgan fingerprint density at radius 2 is 2.38 bits per heavy atom. The van der Waals surface area contributed by atoms with Gasteiger partial charge in [0.15, 0.2) is 0 Å². The van der Waals surface area contributed by atoms with Crippen LogP contribution in [-0.2, 0) is 0 Å². The Morgan fingerprint density at radius 1 is 1.88 bits per heavy atom. The summed E-state index contributed by atoms with van der Waals surface area (Å²) < 4.78 is 0.0139. The van der Waals surface area contributed by atoms with Crippen molar-refractivity contribution >= 4 is 11.8 Å². The summed E-state index contributed by atoms with van der Waals surface area (Å²) in [5.74, 6) is 0.627. The standard InChI is InChI=1S/C6H9NS/c1-5-3-6(5,4-7)8-2/h5H,3H2,1-2H3. The molecule has 8 heavy (non-hydrogen) atoms. The van der Waals surface area contributed by atoms with Crippen LogP contribution in [0.2, 0.25) is 0 Å². The van der Waals surface area contributed by atoms with Crippen LogP contribution in [-0.4, -0.2) is 11.0 Å². The highest BCUT2D eigenvalue weighted by Gasteiger charge is 2.51. The number of thioether (sulfide) groups is 1. The molecule has 2 heteroatoms. The number of hydrogen-bond donors (Lipinski definition) is 0. The van der Waals surface area contributed by atoms with Crippen LogP contribution < -0.4 is 0 Å². The highest BCUT2D eigenvalue weighted by Crippen LogP contribution is 2.52. The maximum Gasteiger partial charge on any atom is 0.105 e. The second-order valence-electron chi connectivity index (χ2n) is 2.31. The second-order valence-corrected chi connectivity index (χ2v) is 3.45. The zero-order valence-electron chi connectivity index (χ0n) is 5.14. The van der Waals surface area contributed by atoms with Crippen LogP contribution >= 0.6 is 11.8 Å². The first-order valence-electron chi connectivity index (χ1n) is 2.71. The van der Waals surface area contributed by atoms with E-state index in [1.165, 1.54) is 0 Å². The Balaban J connectivity index is 2.56. The molecular weight excluding hydrogens is 118 g/mol. The molecule has 0 aromatic carbocycles. The molecule has 0 heterocycles. The number of nitriles is 1. The van der Waals surface area contributed by atoms with Crippen molar-refractivity contribution in [1.29, 1.82) is 5.26 Å². The minimum Gasteiger partial charge on any atom is -0.197 e. The normalized spacial score (nSPS) is 43.4. The molecule has 2 unspecified atom stereocenters. The Morgan fingerprint density at radius 3 is 2.38 bits per heavy atom. The minimum absolute atomic E-state index is 0.0139. The van der Waals surface area contributed by atoms with Crippen molar-refractivity contribution in [2.75, 3.05) is 6.26 Å². The molecule has 1 aliphatic carbocycles. The summed E-state index contributed by atoms with van der Waals surface area (Å²) in [6.07, 6.45) is 3.09. The van der Waals surface area contributed by atoms with E-state index in [0.717, 1.165) is 6.42 Å². The van der Waals surface area contributed by atoms with Crippen molar-refractivity contribution in [2.45, 2.75) is 18.1 Å². The van der Waals surface area contributed by atoms with Gasteiger partial charge in [0.1, 0.15) is 4.75 Å². The summed E-state index contributed by atoms with van der Waals surface area (Å²) in [5, 5.41) is 8.56. The van der Waals surface area contributed by atoms with E-state index < -0.39 is 0 Å². The highest BCUT2D eigenvalue weighted by molar-refractivity contribution is 8.00. The Hall–Kier alpha value is -0.160. The fraction of sp³-hybridized carbons (Fsp3) is 0.833. The lowest BCUT2D eigenvalue weighted by atomic mass is 10.4. The predicted octanol–water partition coefficient (Wildman–Crippen LogP) is 1.65. The molecule has 0 N–H and O–H groups in total. The molecule has 0 bridgehead atoms. The fourth-order valence-corrected chi connectivity index (χ4v) is 1.79. The van der Waals surface area contributed by atoms with E-state index in [4.69, 9.17) is 5.26 Å². The van der Waals surface area contributed by atoms with Gasteiger partial charge in [0.25, 0.3) is 0 Å². The molecule has 0 saturated heterocycles. The van der Waals surface area contributed by atoms with Crippen molar-refractivity contribution in [3.63, 3.8) is 0 Å². The number of hydrogen-bond acceptors (Lipinski definition) is 2. The van der Waals surface area contributed by atoms with E-state index in [2.05, 4.69) is 13.0 Å². The summed E-state index contributed by atoms with van der Waals surface area (Å²) in [6, 6.07) is 2.31. The monoisotopic (exact) mass is 127 g/mol. The quantitative estimate of drug-likeness (QED) is 0.534. The van der Waals surface area contributed by atoms with Gasteiger partial charge in [-0.05, 0) is 18.6 Å². The molecular formula is C6H9NS. The number of rotatable bonds is 1. The highest BCUT2D eigenvalue weighted by atomic mass is 32.2. The molecule has 0 radical (unpaired) electrons. The summed E-state index contributed by atoms with van der Waals surface area (Å²) in [6.45, 7) is 2.12. The van der Waals surface area contributed by atoms with Crippen molar-refractivity contribution < 1.29 is 0 Å². The topological polar surface area (TPSA) is 23.8 Å². The third-order valence-corrected chi connectivity index (χ3v) is 3.19. The van der Waals surface area contributed by atoms with Crippen LogP contribution in [0.5, 0.6) is 0 Å². The summed E-state index contributed by atoms with van der Waals surface area (Å²) in [4.78, 5) is 0. The van der Waals surface area contributed by atoms with Crippen molar-refractivity contribution in [1.82, 2.24) is 0 Å². The van der Waals surface area contributed by atoms with Crippen LogP contribution in [0.15, 0.2) is 0 Å². The van der Waals surface area contributed by atoms with Gasteiger partial charge in [-0.25, -0.2) is 0 Å².